The first-order valence-corrected chi connectivity index (χ1v) is 7.58. The van der Waals surface area contributed by atoms with Gasteiger partial charge in [-0.05, 0) is 62.9 Å². The number of unbranched alkanes of at least 4 members (excludes halogenated alkanes) is 1. The van der Waals surface area contributed by atoms with Gasteiger partial charge in [-0.2, -0.15) is 0 Å². The van der Waals surface area contributed by atoms with Crippen LogP contribution in [0.15, 0.2) is 18.7 Å². The summed E-state index contributed by atoms with van der Waals surface area (Å²) in [5, 5.41) is 3.67. The predicted molar refractivity (Wildman–Crippen MR) is 73.3 cm³/mol. The van der Waals surface area contributed by atoms with Crippen molar-refractivity contribution in [3.05, 3.63) is 18.7 Å². The van der Waals surface area contributed by atoms with E-state index in [9.17, 15) is 0 Å². The second kappa shape index (κ2) is 5.87. The normalized spacial score (nSPS) is 30.1. The van der Waals surface area contributed by atoms with E-state index in [0.717, 1.165) is 24.3 Å². The summed E-state index contributed by atoms with van der Waals surface area (Å²) in [7, 11) is 0. The van der Waals surface area contributed by atoms with Gasteiger partial charge in [-0.1, -0.05) is 6.42 Å². The van der Waals surface area contributed by atoms with Crippen LogP contribution in [0.4, 0.5) is 0 Å². The van der Waals surface area contributed by atoms with E-state index in [2.05, 4.69) is 14.9 Å². The van der Waals surface area contributed by atoms with Gasteiger partial charge in [0.15, 0.2) is 0 Å². The van der Waals surface area contributed by atoms with Crippen LogP contribution in [0.3, 0.4) is 0 Å². The summed E-state index contributed by atoms with van der Waals surface area (Å²) in [6.07, 6.45) is 14.4. The fraction of sp³-hybridized carbons (Fsp3) is 0.800. The van der Waals surface area contributed by atoms with Crippen molar-refractivity contribution in [3.8, 4) is 0 Å². The summed E-state index contributed by atoms with van der Waals surface area (Å²) in [5.74, 6) is 3.15. The first kappa shape index (κ1) is 12.2. The van der Waals surface area contributed by atoms with E-state index in [1.807, 2.05) is 18.7 Å². The molecule has 1 aromatic heterocycles. The fourth-order valence-corrected chi connectivity index (χ4v) is 3.88. The van der Waals surface area contributed by atoms with E-state index in [0.29, 0.717) is 0 Å². The molecule has 3 unspecified atom stereocenters. The van der Waals surface area contributed by atoms with Gasteiger partial charge in [0.25, 0.3) is 0 Å². The maximum Gasteiger partial charge on any atom is 0.0945 e. The van der Waals surface area contributed by atoms with Crippen molar-refractivity contribution in [1.29, 1.82) is 0 Å². The summed E-state index contributed by atoms with van der Waals surface area (Å²) in [5.41, 5.74) is 0. The highest BCUT2D eigenvalue weighted by Crippen LogP contribution is 2.47. The highest BCUT2D eigenvalue weighted by molar-refractivity contribution is 4.90. The summed E-state index contributed by atoms with van der Waals surface area (Å²) >= 11 is 0. The Labute approximate surface area is 110 Å². The molecule has 3 rings (SSSR count). The molecule has 0 aromatic carbocycles. The van der Waals surface area contributed by atoms with Crippen molar-refractivity contribution in [3.63, 3.8) is 0 Å². The van der Waals surface area contributed by atoms with Crippen LogP contribution < -0.4 is 5.32 Å². The van der Waals surface area contributed by atoms with Crippen molar-refractivity contribution < 1.29 is 0 Å². The van der Waals surface area contributed by atoms with Crippen LogP contribution in [0.25, 0.3) is 0 Å². The lowest BCUT2D eigenvalue weighted by Crippen LogP contribution is -2.27. The number of aromatic nitrogens is 2. The number of hydrogen-bond donors (Lipinski definition) is 1. The van der Waals surface area contributed by atoms with Crippen LogP contribution in [0, 0.1) is 17.8 Å². The lowest BCUT2D eigenvalue weighted by atomic mass is 9.89. The van der Waals surface area contributed by atoms with Crippen LogP contribution in [-0.2, 0) is 6.54 Å². The molecular formula is C15H25N3. The van der Waals surface area contributed by atoms with Gasteiger partial charge in [0.2, 0.25) is 0 Å². The Morgan fingerprint density at radius 3 is 2.94 bits per heavy atom. The second-order valence-corrected chi connectivity index (χ2v) is 6.15. The molecule has 0 radical (unpaired) electrons. The summed E-state index contributed by atoms with van der Waals surface area (Å²) < 4.78 is 2.16. The Kier molecular flexibility index (Phi) is 3.99. The van der Waals surface area contributed by atoms with E-state index in [1.165, 1.54) is 51.6 Å². The topological polar surface area (TPSA) is 29.9 Å². The fourth-order valence-electron chi connectivity index (χ4n) is 3.88. The van der Waals surface area contributed by atoms with Crippen molar-refractivity contribution >= 4 is 0 Å². The van der Waals surface area contributed by atoms with E-state index in [1.54, 1.807) is 0 Å². The van der Waals surface area contributed by atoms with Crippen molar-refractivity contribution in [2.75, 3.05) is 13.1 Å². The number of aryl methyl sites for hydroxylation is 1. The van der Waals surface area contributed by atoms with E-state index < -0.39 is 0 Å². The number of hydrogen-bond acceptors (Lipinski definition) is 2. The van der Waals surface area contributed by atoms with Gasteiger partial charge in [-0.15, -0.1) is 0 Å². The standard InChI is InChI=1S/C15H25N3/c1(2-7-18-8-6-17-12-18)5-16-11-15-10-13-3-4-14(15)9-13/h6,8,12-16H,1-5,7,9-11H2. The summed E-state index contributed by atoms with van der Waals surface area (Å²) in [6, 6.07) is 0. The highest BCUT2D eigenvalue weighted by atomic mass is 15.0. The summed E-state index contributed by atoms with van der Waals surface area (Å²) in [6.45, 7) is 3.56. The minimum atomic E-state index is 0.998. The Balaban J connectivity index is 1.23. The minimum absolute atomic E-state index is 0.998. The molecule has 2 bridgehead atoms. The molecule has 3 nitrogen and oxygen atoms in total. The Bertz CT molecular complexity index is 347. The highest BCUT2D eigenvalue weighted by Gasteiger charge is 2.38. The zero-order chi connectivity index (χ0) is 12.2. The van der Waals surface area contributed by atoms with Crippen LogP contribution >= 0.6 is 0 Å². The molecule has 2 aliphatic rings. The molecule has 0 spiro atoms. The van der Waals surface area contributed by atoms with Crippen molar-refractivity contribution in [2.24, 2.45) is 17.8 Å². The Morgan fingerprint density at radius 1 is 1.22 bits per heavy atom. The largest absolute Gasteiger partial charge is 0.337 e. The molecule has 3 atom stereocenters. The molecule has 3 heteroatoms. The second-order valence-electron chi connectivity index (χ2n) is 6.15. The Morgan fingerprint density at radius 2 is 2.22 bits per heavy atom. The van der Waals surface area contributed by atoms with Crippen LogP contribution in [-0.4, -0.2) is 22.6 Å². The Hall–Kier alpha value is -0.830. The third-order valence-corrected chi connectivity index (χ3v) is 4.87. The summed E-state index contributed by atoms with van der Waals surface area (Å²) in [4.78, 5) is 4.06. The van der Waals surface area contributed by atoms with Gasteiger partial charge in [0, 0.05) is 18.9 Å². The molecule has 1 aromatic rings. The average molecular weight is 247 g/mol. The number of nitrogens with one attached hydrogen (secondary N) is 1. The minimum Gasteiger partial charge on any atom is -0.337 e. The molecule has 2 fully saturated rings. The van der Waals surface area contributed by atoms with Gasteiger partial charge >= 0.3 is 0 Å². The third-order valence-electron chi connectivity index (χ3n) is 4.87. The van der Waals surface area contributed by atoms with E-state index in [-0.39, 0.29) is 0 Å². The maximum atomic E-state index is 4.06. The molecule has 0 amide bonds. The average Bonchev–Trinajstić information content (AvgIpc) is 3.10. The van der Waals surface area contributed by atoms with Gasteiger partial charge in [-0.25, -0.2) is 4.98 Å². The van der Waals surface area contributed by atoms with Crippen LogP contribution in [0.5, 0.6) is 0 Å². The molecule has 1 heterocycles. The molecule has 2 aliphatic carbocycles. The van der Waals surface area contributed by atoms with E-state index >= 15 is 0 Å². The van der Waals surface area contributed by atoms with Gasteiger partial charge in [0.1, 0.15) is 0 Å². The van der Waals surface area contributed by atoms with Gasteiger partial charge < -0.3 is 9.88 Å². The quantitative estimate of drug-likeness (QED) is 0.751. The van der Waals surface area contributed by atoms with Gasteiger partial charge in [0.05, 0.1) is 6.33 Å². The third kappa shape index (κ3) is 2.94. The number of fused-ring (bicyclic) bond motifs is 2. The lowest BCUT2D eigenvalue weighted by Gasteiger charge is -2.21. The molecule has 1 N–H and O–H groups in total. The van der Waals surface area contributed by atoms with Crippen molar-refractivity contribution in [1.82, 2.24) is 14.9 Å². The zero-order valence-electron chi connectivity index (χ0n) is 11.2. The molecule has 100 valence electrons. The number of imidazole rings is 1. The molecule has 0 saturated heterocycles. The van der Waals surface area contributed by atoms with Crippen LogP contribution in [0.2, 0.25) is 0 Å². The maximum absolute atomic E-state index is 4.06. The number of rotatable bonds is 7. The van der Waals surface area contributed by atoms with E-state index in [4.69, 9.17) is 0 Å². The molecule has 18 heavy (non-hydrogen) atoms. The number of nitrogens with zero attached hydrogens (tertiary/aromatic N) is 2. The van der Waals surface area contributed by atoms with Crippen LogP contribution in [0.1, 0.15) is 38.5 Å². The zero-order valence-corrected chi connectivity index (χ0v) is 11.2. The van der Waals surface area contributed by atoms with Crippen molar-refractivity contribution in [2.45, 2.75) is 45.1 Å². The smallest absolute Gasteiger partial charge is 0.0945 e. The molecule has 0 aliphatic heterocycles. The molecular weight excluding hydrogens is 222 g/mol. The first-order valence-electron chi connectivity index (χ1n) is 7.58. The SMILES string of the molecule is c1cn(CCCCNCC2CC3CCC2C3)cn1. The first-order chi connectivity index (χ1) is 8.92. The molecule has 2 saturated carbocycles. The van der Waals surface area contributed by atoms with Gasteiger partial charge in [-0.3, -0.25) is 0 Å². The lowest BCUT2D eigenvalue weighted by molar-refractivity contribution is 0.318. The predicted octanol–water partition coefficient (Wildman–Crippen LogP) is 2.69. The monoisotopic (exact) mass is 247 g/mol.